The second-order valence-corrected chi connectivity index (χ2v) is 4.58. The van der Waals surface area contributed by atoms with Gasteiger partial charge in [-0.3, -0.25) is 9.59 Å². The number of hydrogen-bond donors (Lipinski definition) is 2. The van der Waals surface area contributed by atoms with Crippen LogP contribution in [0.25, 0.3) is 0 Å². The van der Waals surface area contributed by atoms with Gasteiger partial charge in [-0.25, -0.2) is 22.0 Å². The normalized spacial score (nSPS) is 10.4. The first-order valence-corrected chi connectivity index (χ1v) is 6.46. The summed E-state index contributed by atoms with van der Waals surface area (Å²) in [6.07, 6.45) is 0. The highest BCUT2D eigenvalue weighted by Gasteiger charge is 2.17. The van der Waals surface area contributed by atoms with Crippen molar-refractivity contribution in [3.63, 3.8) is 0 Å². The summed E-state index contributed by atoms with van der Waals surface area (Å²) in [7, 11) is 0. The molecule has 2 amide bonds. The van der Waals surface area contributed by atoms with Gasteiger partial charge in [0.15, 0.2) is 17.5 Å². The van der Waals surface area contributed by atoms with E-state index in [-0.39, 0.29) is 0 Å². The van der Waals surface area contributed by atoms with Crippen LogP contribution in [0.3, 0.4) is 0 Å². The first-order chi connectivity index (χ1) is 11.3. The zero-order valence-electron chi connectivity index (χ0n) is 11.8. The minimum Gasteiger partial charge on any atom is -0.343 e. The number of nitrogens with one attached hydrogen (secondary N) is 2. The van der Waals surface area contributed by atoms with Gasteiger partial charge in [0.2, 0.25) is 5.91 Å². The summed E-state index contributed by atoms with van der Waals surface area (Å²) in [5.74, 6) is -8.76. The number of benzene rings is 2. The van der Waals surface area contributed by atoms with Gasteiger partial charge in [-0.2, -0.15) is 0 Å². The zero-order valence-corrected chi connectivity index (χ0v) is 11.8. The van der Waals surface area contributed by atoms with Crippen molar-refractivity contribution in [3.8, 4) is 0 Å². The van der Waals surface area contributed by atoms with Gasteiger partial charge in [0.25, 0.3) is 5.91 Å². The van der Waals surface area contributed by atoms with Crippen LogP contribution >= 0.6 is 0 Å². The Hall–Kier alpha value is -2.97. The molecule has 2 N–H and O–H groups in total. The van der Waals surface area contributed by atoms with Crippen LogP contribution in [-0.4, -0.2) is 18.4 Å². The molecular formula is C15H9F5N2O2. The van der Waals surface area contributed by atoms with E-state index in [1.54, 1.807) is 0 Å². The average Bonchev–Trinajstić information content (AvgIpc) is 2.53. The molecule has 0 heterocycles. The van der Waals surface area contributed by atoms with Crippen LogP contribution in [0.4, 0.5) is 27.6 Å². The van der Waals surface area contributed by atoms with Gasteiger partial charge in [-0.1, -0.05) is 0 Å². The Balaban J connectivity index is 1.98. The standard InChI is InChI=1S/C15H9F5N2O2/c16-7-1-2-8(10(18)5-7)15(24)21-6-12(23)22-11-4-3-9(17)13(19)14(11)20/h1-5H,6H2,(H,21,24)(H,22,23). The maximum Gasteiger partial charge on any atom is 0.254 e. The van der Waals surface area contributed by atoms with Gasteiger partial charge in [0.1, 0.15) is 11.6 Å². The predicted octanol–water partition coefficient (Wildman–Crippen LogP) is 2.75. The largest absolute Gasteiger partial charge is 0.343 e. The fraction of sp³-hybridized carbons (Fsp3) is 0.0667. The summed E-state index contributed by atoms with van der Waals surface area (Å²) in [4.78, 5) is 23.2. The smallest absolute Gasteiger partial charge is 0.254 e. The van der Waals surface area contributed by atoms with Crippen LogP contribution in [0.15, 0.2) is 30.3 Å². The van der Waals surface area contributed by atoms with E-state index < -0.39 is 58.7 Å². The number of rotatable bonds is 4. The molecule has 0 aliphatic carbocycles. The molecule has 2 aromatic rings. The summed E-state index contributed by atoms with van der Waals surface area (Å²) in [6.45, 7) is -0.700. The molecule has 0 atom stereocenters. The molecule has 0 bridgehead atoms. The van der Waals surface area contributed by atoms with Crippen LogP contribution in [0.1, 0.15) is 10.4 Å². The third kappa shape index (κ3) is 3.86. The fourth-order valence-corrected chi connectivity index (χ4v) is 1.75. The number of halogens is 5. The molecular weight excluding hydrogens is 335 g/mol. The van der Waals surface area contributed by atoms with Gasteiger partial charge >= 0.3 is 0 Å². The third-order valence-electron chi connectivity index (χ3n) is 2.89. The Morgan fingerprint density at radius 1 is 0.875 bits per heavy atom. The molecule has 0 radical (unpaired) electrons. The lowest BCUT2D eigenvalue weighted by atomic mass is 10.2. The molecule has 0 aliphatic heterocycles. The summed E-state index contributed by atoms with van der Waals surface area (Å²) in [5.41, 5.74) is -1.12. The molecule has 24 heavy (non-hydrogen) atoms. The van der Waals surface area contributed by atoms with E-state index >= 15 is 0 Å². The van der Waals surface area contributed by atoms with Crippen LogP contribution in [0.5, 0.6) is 0 Å². The van der Waals surface area contributed by atoms with Gasteiger partial charge in [-0.05, 0) is 24.3 Å². The van der Waals surface area contributed by atoms with Crippen molar-refractivity contribution in [2.45, 2.75) is 0 Å². The Morgan fingerprint density at radius 2 is 1.58 bits per heavy atom. The highest BCUT2D eigenvalue weighted by Crippen LogP contribution is 2.19. The van der Waals surface area contributed by atoms with Gasteiger partial charge in [0, 0.05) is 6.07 Å². The Kier molecular flexibility index (Phi) is 5.12. The minimum atomic E-state index is -1.76. The van der Waals surface area contributed by atoms with Crippen molar-refractivity contribution < 1.29 is 31.5 Å². The highest BCUT2D eigenvalue weighted by molar-refractivity contribution is 5.99. The average molecular weight is 344 g/mol. The van der Waals surface area contributed by atoms with E-state index in [1.807, 2.05) is 10.6 Å². The number of amides is 2. The molecule has 0 saturated heterocycles. The van der Waals surface area contributed by atoms with E-state index in [0.29, 0.717) is 12.1 Å². The Bertz CT molecular complexity index is 811. The van der Waals surface area contributed by atoms with E-state index in [1.165, 1.54) is 0 Å². The first-order valence-electron chi connectivity index (χ1n) is 6.46. The highest BCUT2D eigenvalue weighted by atomic mass is 19.2. The van der Waals surface area contributed by atoms with Gasteiger partial charge in [-0.15, -0.1) is 0 Å². The maximum atomic E-state index is 13.4. The second kappa shape index (κ2) is 7.07. The van der Waals surface area contributed by atoms with Crippen molar-refractivity contribution in [1.29, 1.82) is 0 Å². The van der Waals surface area contributed by atoms with Crippen molar-refractivity contribution >= 4 is 17.5 Å². The van der Waals surface area contributed by atoms with E-state index in [2.05, 4.69) is 0 Å². The second-order valence-electron chi connectivity index (χ2n) is 4.58. The van der Waals surface area contributed by atoms with Crippen molar-refractivity contribution in [2.24, 2.45) is 0 Å². The summed E-state index contributed by atoms with van der Waals surface area (Å²) < 4.78 is 65.3. The molecule has 9 heteroatoms. The van der Waals surface area contributed by atoms with E-state index in [9.17, 15) is 31.5 Å². The molecule has 0 aromatic heterocycles. The minimum absolute atomic E-state index is 0.492. The third-order valence-corrected chi connectivity index (χ3v) is 2.89. The number of carbonyl (C=O) groups excluding carboxylic acids is 2. The van der Waals surface area contributed by atoms with Crippen molar-refractivity contribution in [1.82, 2.24) is 5.32 Å². The van der Waals surface area contributed by atoms with Crippen LogP contribution in [-0.2, 0) is 4.79 Å². The lowest BCUT2D eigenvalue weighted by molar-refractivity contribution is -0.115. The Labute approximate surface area is 132 Å². The molecule has 0 unspecified atom stereocenters. The predicted molar refractivity (Wildman–Crippen MR) is 73.6 cm³/mol. The molecule has 4 nitrogen and oxygen atoms in total. The zero-order chi connectivity index (χ0) is 17.9. The molecule has 2 rings (SSSR count). The fourth-order valence-electron chi connectivity index (χ4n) is 1.75. The van der Waals surface area contributed by atoms with Crippen LogP contribution in [0.2, 0.25) is 0 Å². The van der Waals surface area contributed by atoms with Crippen molar-refractivity contribution in [3.05, 3.63) is 65.0 Å². The van der Waals surface area contributed by atoms with Crippen molar-refractivity contribution in [2.75, 3.05) is 11.9 Å². The molecule has 2 aromatic carbocycles. The van der Waals surface area contributed by atoms with Crippen LogP contribution in [0, 0.1) is 29.1 Å². The van der Waals surface area contributed by atoms with Gasteiger partial charge < -0.3 is 10.6 Å². The summed E-state index contributed by atoms with van der Waals surface area (Å²) in [6, 6.07) is 3.64. The number of carbonyl (C=O) groups is 2. The molecule has 0 aliphatic rings. The molecule has 126 valence electrons. The molecule has 0 spiro atoms. The SMILES string of the molecule is O=C(CNC(=O)c1ccc(F)cc1F)Nc1ccc(F)c(F)c1F. The lowest BCUT2D eigenvalue weighted by Crippen LogP contribution is -2.33. The molecule has 0 saturated carbocycles. The lowest BCUT2D eigenvalue weighted by Gasteiger charge is -2.09. The van der Waals surface area contributed by atoms with Gasteiger partial charge in [0.05, 0.1) is 17.8 Å². The van der Waals surface area contributed by atoms with E-state index in [4.69, 9.17) is 0 Å². The summed E-state index contributed by atoms with van der Waals surface area (Å²) >= 11 is 0. The Morgan fingerprint density at radius 3 is 2.25 bits per heavy atom. The first kappa shape index (κ1) is 17.4. The number of hydrogen-bond acceptors (Lipinski definition) is 2. The topological polar surface area (TPSA) is 58.2 Å². The number of anilines is 1. The quantitative estimate of drug-likeness (QED) is 0.662. The van der Waals surface area contributed by atoms with Crippen LogP contribution < -0.4 is 10.6 Å². The maximum absolute atomic E-state index is 13.4. The van der Waals surface area contributed by atoms with E-state index in [0.717, 1.165) is 18.2 Å². The summed E-state index contributed by atoms with van der Waals surface area (Å²) in [5, 5.41) is 3.94. The monoisotopic (exact) mass is 344 g/mol. The molecule has 0 fully saturated rings.